The normalized spacial score (nSPS) is 9.62. The summed E-state index contributed by atoms with van der Waals surface area (Å²) in [7, 11) is 1.58. The predicted molar refractivity (Wildman–Crippen MR) is 66.1 cm³/mol. The summed E-state index contributed by atoms with van der Waals surface area (Å²) < 4.78 is 0. The summed E-state index contributed by atoms with van der Waals surface area (Å²) in [6.07, 6.45) is 12.3. The maximum absolute atomic E-state index is 10.9. The third-order valence-corrected chi connectivity index (χ3v) is 2.74. The van der Waals surface area contributed by atoms with E-state index in [1.807, 2.05) is 0 Å². The number of hydrogen-bond acceptors (Lipinski definition) is 1. The number of hydrogen-bond donors (Lipinski definition) is 0. The molecule has 90 valence electrons. The van der Waals surface area contributed by atoms with Crippen molar-refractivity contribution in [1.29, 1.82) is 0 Å². The van der Waals surface area contributed by atoms with Crippen LogP contribution in [0.15, 0.2) is 0 Å². The first kappa shape index (κ1) is 18.8. The fourth-order valence-corrected chi connectivity index (χ4v) is 1.70. The molecule has 0 aromatic carbocycles. The van der Waals surface area contributed by atoms with E-state index in [4.69, 9.17) is 0 Å². The average molecular weight is 235 g/mol. The van der Waals surface area contributed by atoms with Gasteiger partial charge in [-0.05, 0) is 12.8 Å². The smallest absolute Gasteiger partial charge is 0.656 e. The molecule has 0 saturated carbocycles. The third-order valence-electron chi connectivity index (χ3n) is 2.74. The van der Waals surface area contributed by atoms with Crippen LogP contribution < -0.4 is 29.6 Å². The maximum Gasteiger partial charge on any atom is 1.00 e. The first-order valence-corrected chi connectivity index (χ1v) is 6.44. The molecule has 0 saturated heterocycles. The zero-order valence-electron chi connectivity index (χ0n) is 11.4. The predicted octanol–water partition coefficient (Wildman–Crippen LogP) is 1.44. The minimum absolute atomic E-state index is 0. The number of carbonyl (C=O) groups excluding carboxylic acids is 1. The second kappa shape index (κ2) is 15.5. The van der Waals surface area contributed by atoms with Gasteiger partial charge in [0.2, 0.25) is 0 Å². The Hall–Kier alpha value is 0.470. The molecular formula is C13H26NNaO. The fourth-order valence-electron chi connectivity index (χ4n) is 1.70. The Morgan fingerprint density at radius 3 is 1.75 bits per heavy atom. The van der Waals surface area contributed by atoms with Gasteiger partial charge in [0.15, 0.2) is 0 Å². The van der Waals surface area contributed by atoms with E-state index in [1.54, 1.807) is 7.05 Å². The van der Waals surface area contributed by atoms with Crippen LogP contribution in [0.4, 0.5) is 0 Å². The minimum atomic E-state index is 0. The molecule has 0 aliphatic carbocycles. The van der Waals surface area contributed by atoms with E-state index in [0.29, 0.717) is 6.42 Å². The molecule has 0 spiro atoms. The van der Waals surface area contributed by atoms with Gasteiger partial charge in [-0.2, -0.15) is 0 Å². The molecule has 16 heavy (non-hydrogen) atoms. The summed E-state index contributed by atoms with van der Waals surface area (Å²) in [5, 5.41) is 3.62. The van der Waals surface area contributed by atoms with Crippen LogP contribution >= 0.6 is 0 Å². The molecule has 0 aliphatic heterocycles. The summed E-state index contributed by atoms with van der Waals surface area (Å²) in [5.41, 5.74) is 0. The number of nitrogens with zero attached hydrogens (tertiary/aromatic N) is 1. The first-order chi connectivity index (χ1) is 7.31. The van der Waals surface area contributed by atoms with E-state index in [-0.39, 0.29) is 35.5 Å². The topological polar surface area (TPSA) is 31.2 Å². The van der Waals surface area contributed by atoms with Crippen molar-refractivity contribution >= 4 is 5.91 Å². The van der Waals surface area contributed by atoms with Gasteiger partial charge in [-0.3, -0.25) is 0 Å². The third kappa shape index (κ3) is 14.5. The molecule has 2 nitrogen and oxygen atoms in total. The molecule has 0 aromatic heterocycles. The van der Waals surface area contributed by atoms with Gasteiger partial charge in [0.05, 0.1) is 5.91 Å². The number of amides is 1. The van der Waals surface area contributed by atoms with Crippen LogP contribution in [-0.2, 0) is 4.79 Å². The average Bonchev–Trinajstić information content (AvgIpc) is 2.26. The molecule has 0 atom stereocenters. The van der Waals surface area contributed by atoms with Crippen molar-refractivity contribution in [2.75, 3.05) is 7.05 Å². The quantitative estimate of drug-likeness (QED) is 0.416. The van der Waals surface area contributed by atoms with Crippen LogP contribution in [-0.4, -0.2) is 13.0 Å². The molecule has 0 radical (unpaired) electrons. The van der Waals surface area contributed by atoms with Crippen LogP contribution in [0, 0.1) is 0 Å². The Kier molecular flexibility index (Phi) is 18.2. The molecule has 1 amide bonds. The van der Waals surface area contributed by atoms with Crippen molar-refractivity contribution in [2.45, 2.75) is 71.1 Å². The summed E-state index contributed by atoms with van der Waals surface area (Å²) in [4.78, 5) is 10.9. The van der Waals surface area contributed by atoms with E-state index < -0.39 is 0 Å². The Morgan fingerprint density at radius 1 is 0.875 bits per heavy atom. The minimum Gasteiger partial charge on any atom is -0.656 e. The second-order valence-corrected chi connectivity index (χ2v) is 4.20. The van der Waals surface area contributed by atoms with Gasteiger partial charge < -0.3 is 10.1 Å². The SMILES string of the molecule is CCCCCCCCCCCC(=O)[N-]C.[Na+]. The van der Waals surface area contributed by atoms with Crippen LogP contribution in [0.25, 0.3) is 5.32 Å². The maximum atomic E-state index is 10.9. The Morgan fingerprint density at radius 2 is 1.31 bits per heavy atom. The van der Waals surface area contributed by atoms with Gasteiger partial charge in [0.25, 0.3) is 0 Å². The van der Waals surface area contributed by atoms with Crippen molar-refractivity contribution in [3.05, 3.63) is 5.32 Å². The van der Waals surface area contributed by atoms with Crippen LogP contribution in [0.5, 0.6) is 0 Å². The fraction of sp³-hybridized carbons (Fsp3) is 0.923. The van der Waals surface area contributed by atoms with Gasteiger partial charge in [0.1, 0.15) is 0 Å². The van der Waals surface area contributed by atoms with Gasteiger partial charge in [-0.1, -0.05) is 58.3 Å². The summed E-state index contributed by atoms with van der Waals surface area (Å²) in [6.45, 7) is 2.25. The monoisotopic (exact) mass is 235 g/mol. The molecule has 0 aromatic rings. The molecule has 0 bridgehead atoms. The van der Waals surface area contributed by atoms with E-state index >= 15 is 0 Å². The number of carbonyl (C=O) groups is 1. The number of rotatable bonds is 10. The largest absolute Gasteiger partial charge is 1.00 e. The van der Waals surface area contributed by atoms with Gasteiger partial charge >= 0.3 is 29.6 Å². The van der Waals surface area contributed by atoms with E-state index in [2.05, 4.69) is 12.2 Å². The van der Waals surface area contributed by atoms with Gasteiger partial charge in [0, 0.05) is 0 Å². The Bertz CT molecular complexity index is 151. The van der Waals surface area contributed by atoms with Gasteiger partial charge in [-0.25, -0.2) is 0 Å². The van der Waals surface area contributed by atoms with Crippen LogP contribution in [0.3, 0.4) is 0 Å². The molecule has 0 heterocycles. The van der Waals surface area contributed by atoms with E-state index in [9.17, 15) is 4.79 Å². The second-order valence-electron chi connectivity index (χ2n) is 4.20. The van der Waals surface area contributed by atoms with Crippen molar-refractivity contribution < 1.29 is 34.4 Å². The zero-order chi connectivity index (χ0) is 11.4. The van der Waals surface area contributed by atoms with E-state index in [1.165, 1.54) is 51.4 Å². The molecule has 0 fully saturated rings. The standard InChI is InChI=1S/C13H27NO.Na/c1-3-4-5-6-7-8-9-10-11-12-13(15)14-2;/h3-12H2,1-2H3,(H,14,15);/q;+1/p-1. The van der Waals surface area contributed by atoms with Crippen molar-refractivity contribution in [3.8, 4) is 0 Å². The summed E-state index contributed by atoms with van der Waals surface area (Å²) in [5.74, 6) is 0.0537. The van der Waals surface area contributed by atoms with Crippen LogP contribution in [0.1, 0.15) is 71.1 Å². The summed E-state index contributed by atoms with van der Waals surface area (Å²) in [6, 6.07) is 0. The van der Waals surface area contributed by atoms with Crippen molar-refractivity contribution in [3.63, 3.8) is 0 Å². The van der Waals surface area contributed by atoms with Crippen LogP contribution in [0.2, 0.25) is 0 Å². The summed E-state index contributed by atoms with van der Waals surface area (Å²) >= 11 is 0. The molecule has 0 aliphatic rings. The zero-order valence-corrected chi connectivity index (χ0v) is 13.4. The number of unbranched alkanes of at least 4 members (excludes halogenated alkanes) is 8. The Balaban J connectivity index is 0. The molecule has 0 rings (SSSR count). The Labute approximate surface area is 123 Å². The van der Waals surface area contributed by atoms with Crippen molar-refractivity contribution in [2.24, 2.45) is 0 Å². The molecule has 3 heteroatoms. The van der Waals surface area contributed by atoms with Gasteiger partial charge in [-0.15, -0.1) is 7.05 Å². The van der Waals surface area contributed by atoms with E-state index in [0.717, 1.165) is 6.42 Å². The molecule has 0 N–H and O–H groups in total. The first-order valence-electron chi connectivity index (χ1n) is 6.44. The molecular weight excluding hydrogens is 209 g/mol. The molecule has 0 unspecified atom stereocenters. The van der Waals surface area contributed by atoms with Crippen molar-refractivity contribution in [1.82, 2.24) is 0 Å².